The SMILES string of the molecule is C[C@@H](NC(=O)CSCc1ccc(-n2cccn2)cc1)c1ccc(Cl)cc1. The number of hydrogen-bond acceptors (Lipinski definition) is 3. The number of carbonyl (C=O) groups is 1. The number of halogens is 1. The molecule has 0 spiro atoms. The lowest BCUT2D eigenvalue weighted by molar-refractivity contribution is -0.119. The van der Waals surface area contributed by atoms with Crippen LogP contribution in [0, 0.1) is 0 Å². The molecule has 0 saturated carbocycles. The lowest BCUT2D eigenvalue weighted by Gasteiger charge is -2.14. The minimum absolute atomic E-state index is 0.0330. The van der Waals surface area contributed by atoms with E-state index < -0.39 is 0 Å². The maximum absolute atomic E-state index is 12.1. The smallest absolute Gasteiger partial charge is 0.230 e. The van der Waals surface area contributed by atoms with E-state index in [4.69, 9.17) is 11.6 Å². The van der Waals surface area contributed by atoms with Crippen LogP contribution in [0.25, 0.3) is 5.69 Å². The molecule has 3 aromatic rings. The first kappa shape index (κ1) is 18.5. The predicted molar refractivity (Wildman–Crippen MR) is 108 cm³/mol. The molecule has 0 aliphatic heterocycles. The molecule has 1 atom stereocenters. The summed E-state index contributed by atoms with van der Waals surface area (Å²) in [5, 5.41) is 7.92. The van der Waals surface area contributed by atoms with Gasteiger partial charge in [0.05, 0.1) is 17.5 Å². The zero-order valence-corrected chi connectivity index (χ0v) is 16.0. The molecular formula is C20H20ClN3OS. The second-order valence-corrected chi connectivity index (χ2v) is 7.37. The van der Waals surface area contributed by atoms with E-state index in [1.807, 2.05) is 60.3 Å². The van der Waals surface area contributed by atoms with Crippen molar-refractivity contribution in [3.8, 4) is 5.69 Å². The molecule has 0 radical (unpaired) electrons. The van der Waals surface area contributed by atoms with Crippen LogP contribution in [0.2, 0.25) is 5.02 Å². The first-order chi connectivity index (χ1) is 12.6. The number of rotatable bonds is 7. The van der Waals surface area contributed by atoms with Gasteiger partial charge in [-0.25, -0.2) is 4.68 Å². The Bertz CT molecular complexity index is 833. The Labute approximate surface area is 162 Å². The average Bonchev–Trinajstić information content (AvgIpc) is 3.17. The van der Waals surface area contributed by atoms with Crippen LogP contribution < -0.4 is 5.32 Å². The molecule has 1 amide bonds. The molecule has 4 nitrogen and oxygen atoms in total. The van der Waals surface area contributed by atoms with Gasteiger partial charge in [-0.05, 0) is 48.4 Å². The highest BCUT2D eigenvalue weighted by Gasteiger charge is 2.09. The molecule has 0 fully saturated rings. The second kappa shape index (κ2) is 8.92. The van der Waals surface area contributed by atoms with Gasteiger partial charge >= 0.3 is 0 Å². The average molecular weight is 386 g/mol. The first-order valence-corrected chi connectivity index (χ1v) is 9.86. The molecule has 0 aliphatic rings. The third-order valence-corrected chi connectivity index (χ3v) is 5.21. The van der Waals surface area contributed by atoms with Crippen LogP contribution in [0.3, 0.4) is 0 Å². The molecular weight excluding hydrogens is 366 g/mol. The summed E-state index contributed by atoms with van der Waals surface area (Å²) in [5.74, 6) is 1.26. The lowest BCUT2D eigenvalue weighted by atomic mass is 10.1. The van der Waals surface area contributed by atoms with Crippen LogP contribution in [-0.4, -0.2) is 21.4 Å². The first-order valence-electron chi connectivity index (χ1n) is 8.33. The fourth-order valence-corrected chi connectivity index (χ4v) is 3.47. The van der Waals surface area contributed by atoms with Crippen molar-refractivity contribution in [1.29, 1.82) is 0 Å². The van der Waals surface area contributed by atoms with E-state index >= 15 is 0 Å². The summed E-state index contributed by atoms with van der Waals surface area (Å²) in [6.45, 7) is 1.97. The van der Waals surface area contributed by atoms with E-state index in [2.05, 4.69) is 22.5 Å². The summed E-state index contributed by atoms with van der Waals surface area (Å²) >= 11 is 7.49. The quantitative estimate of drug-likeness (QED) is 0.644. The highest BCUT2D eigenvalue weighted by atomic mass is 35.5. The van der Waals surface area contributed by atoms with Crippen molar-refractivity contribution in [2.75, 3.05) is 5.75 Å². The molecule has 26 heavy (non-hydrogen) atoms. The fraction of sp³-hybridized carbons (Fsp3) is 0.200. The molecule has 134 valence electrons. The number of hydrogen-bond donors (Lipinski definition) is 1. The molecule has 0 unspecified atom stereocenters. The third-order valence-electron chi connectivity index (χ3n) is 3.95. The van der Waals surface area contributed by atoms with Crippen LogP contribution in [-0.2, 0) is 10.5 Å². The predicted octanol–water partition coefficient (Wildman–Crippen LogP) is 4.64. The van der Waals surface area contributed by atoms with E-state index in [0.717, 1.165) is 17.0 Å². The molecule has 2 aromatic carbocycles. The van der Waals surface area contributed by atoms with Gasteiger partial charge in [0.15, 0.2) is 0 Å². The van der Waals surface area contributed by atoms with Crippen LogP contribution in [0.5, 0.6) is 0 Å². The molecule has 0 aliphatic carbocycles. The highest BCUT2D eigenvalue weighted by Crippen LogP contribution is 2.17. The molecule has 1 N–H and O–H groups in total. The van der Waals surface area contributed by atoms with Crippen LogP contribution in [0.1, 0.15) is 24.1 Å². The maximum atomic E-state index is 12.1. The largest absolute Gasteiger partial charge is 0.349 e. The normalized spacial score (nSPS) is 11.9. The number of nitrogens with one attached hydrogen (secondary N) is 1. The Morgan fingerprint density at radius 1 is 1.19 bits per heavy atom. The number of nitrogens with zero attached hydrogens (tertiary/aromatic N) is 2. The van der Waals surface area contributed by atoms with E-state index in [9.17, 15) is 4.79 Å². The monoisotopic (exact) mass is 385 g/mol. The number of carbonyl (C=O) groups excluding carboxylic acids is 1. The van der Waals surface area contributed by atoms with E-state index in [1.54, 1.807) is 18.0 Å². The summed E-state index contributed by atoms with van der Waals surface area (Å²) in [6.07, 6.45) is 3.67. The van der Waals surface area contributed by atoms with Gasteiger partial charge in [-0.3, -0.25) is 4.79 Å². The van der Waals surface area contributed by atoms with Gasteiger partial charge in [0.2, 0.25) is 5.91 Å². The van der Waals surface area contributed by atoms with Gasteiger partial charge in [-0.1, -0.05) is 35.9 Å². The molecule has 1 heterocycles. The molecule has 6 heteroatoms. The van der Waals surface area contributed by atoms with Crippen molar-refractivity contribution < 1.29 is 4.79 Å². The van der Waals surface area contributed by atoms with Gasteiger partial charge in [0.1, 0.15) is 0 Å². The van der Waals surface area contributed by atoms with Crippen LogP contribution in [0.15, 0.2) is 67.0 Å². The summed E-state index contributed by atoms with van der Waals surface area (Å²) in [7, 11) is 0. The minimum atomic E-state index is -0.0336. The van der Waals surface area contributed by atoms with Gasteiger partial charge in [0.25, 0.3) is 0 Å². The van der Waals surface area contributed by atoms with Crippen LogP contribution >= 0.6 is 23.4 Å². The summed E-state index contributed by atoms with van der Waals surface area (Å²) < 4.78 is 1.82. The summed E-state index contributed by atoms with van der Waals surface area (Å²) in [5.41, 5.74) is 3.25. The van der Waals surface area contributed by atoms with Crippen molar-refractivity contribution in [1.82, 2.24) is 15.1 Å². The number of amides is 1. The Morgan fingerprint density at radius 2 is 1.92 bits per heavy atom. The Morgan fingerprint density at radius 3 is 2.58 bits per heavy atom. The Balaban J connectivity index is 1.44. The molecule has 0 bridgehead atoms. The number of thioether (sulfide) groups is 1. The van der Waals surface area contributed by atoms with E-state index in [1.165, 1.54) is 5.56 Å². The Hall–Kier alpha value is -2.24. The van der Waals surface area contributed by atoms with E-state index in [-0.39, 0.29) is 11.9 Å². The molecule has 0 saturated heterocycles. The summed E-state index contributed by atoms with van der Waals surface area (Å²) in [4.78, 5) is 12.1. The van der Waals surface area contributed by atoms with Crippen molar-refractivity contribution in [2.24, 2.45) is 0 Å². The lowest BCUT2D eigenvalue weighted by Crippen LogP contribution is -2.28. The fourth-order valence-electron chi connectivity index (χ4n) is 2.55. The van der Waals surface area contributed by atoms with Crippen molar-refractivity contribution in [3.05, 3.63) is 83.1 Å². The second-order valence-electron chi connectivity index (χ2n) is 5.95. The minimum Gasteiger partial charge on any atom is -0.349 e. The Kier molecular flexibility index (Phi) is 6.36. The van der Waals surface area contributed by atoms with Crippen molar-refractivity contribution in [3.63, 3.8) is 0 Å². The van der Waals surface area contributed by atoms with Crippen LogP contribution in [0.4, 0.5) is 0 Å². The number of benzene rings is 2. The third kappa shape index (κ3) is 5.13. The standard InChI is InChI=1S/C20H20ClN3OS/c1-15(17-5-7-18(21)8-6-17)23-20(25)14-26-13-16-3-9-19(10-4-16)24-12-2-11-22-24/h2-12,15H,13-14H2,1H3,(H,23,25)/t15-/m1/s1. The van der Waals surface area contributed by atoms with Gasteiger partial charge in [-0.2, -0.15) is 5.10 Å². The van der Waals surface area contributed by atoms with Gasteiger partial charge in [0, 0.05) is 23.2 Å². The summed E-state index contributed by atoms with van der Waals surface area (Å²) in [6, 6.07) is 17.6. The highest BCUT2D eigenvalue weighted by molar-refractivity contribution is 7.99. The molecule has 1 aromatic heterocycles. The topological polar surface area (TPSA) is 46.9 Å². The van der Waals surface area contributed by atoms with Gasteiger partial charge < -0.3 is 5.32 Å². The van der Waals surface area contributed by atoms with Gasteiger partial charge in [-0.15, -0.1) is 11.8 Å². The van der Waals surface area contributed by atoms with E-state index in [0.29, 0.717) is 10.8 Å². The molecule has 3 rings (SSSR count). The zero-order valence-electron chi connectivity index (χ0n) is 14.4. The zero-order chi connectivity index (χ0) is 18.4. The number of aromatic nitrogens is 2. The van der Waals surface area contributed by atoms with Crippen molar-refractivity contribution >= 4 is 29.3 Å². The van der Waals surface area contributed by atoms with Crippen molar-refractivity contribution in [2.45, 2.75) is 18.7 Å². The maximum Gasteiger partial charge on any atom is 0.230 e.